The zero-order valence-electron chi connectivity index (χ0n) is 14.7. The molecule has 1 aliphatic rings. The van der Waals surface area contributed by atoms with Gasteiger partial charge in [-0.05, 0) is 76.2 Å². The van der Waals surface area contributed by atoms with Gasteiger partial charge in [-0.25, -0.2) is 0 Å². The van der Waals surface area contributed by atoms with E-state index in [0.29, 0.717) is 18.4 Å². The SMILES string of the molecule is NCCCCC=CC[C@@H]1[C@H](O)CC[C@H]1C=CCCCCCCO. The van der Waals surface area contributed by atoms with Crippen molar-refractivity contribution in [1.82, 2.24) is 0 Å². The van der Waals surface area contributed by atoms with Crippen molar-refractivity contribution in [2.24, 2.45) is 17.6 Å². The van der Waals surface area contributed by atoms with Gasteiger partial charge in [0.2, 0.25) is 0 Å². The van der Waals surface area contributed by atoms with Crippen LogP contribution in [0.1, 0.15) is 70.6 Å². The fraction of sp³-hybridized carbons (Fsp3) is 0.800. The van der Waals surface area contributed by atoms with Crippen LogP contribution >= 0.6 is 0 Å². The van der Waals surface area contributed by atoms with Crippen LogP contribution in [-0.4, -0.2) is 29.5 Å². The largest absolute Gasteiger partial charge is 0.396 e. The molecule has 0 bridgehead atoms. The molecule has 0 unspecified atom stereocenters. The highest BCUT2D eigenvalue weighted by Gasteiger charge is 2.32. The lowest BCUT2D eigenvalue weighted by Gasteiger charge is -2.17. The first kappa shape index (κ1) is 20.4. The molecule has 0 aliphatic heterocycles. The number of rotatable bonds is 13. The molecule has 0 heterocycles. The minimum atomic E-state index is -0.136. The van der Waals surface area contributed by atoms with Gasteiger partial charge in [-0.15, -0.1) is 0 Å². The van der Waals surface area contributed by atoms with E-state index < -0.39 is 0 Å². The Morgan fingerprint density at radius 3 is 2.39 bits per heavy atom. The first-order chi connectivity index (χ1) is 11.3. The number of hydrogen-bond donors (Lipinski definition) is 3. The van der Waals surface area contributed by atoms with Crippen LogP contribution in [0.5, 0.6) is 0 Å². The Balaban J connectivity index is 2.22. The molecule has 23 heavy (non-hydrogen) atoms. The van der Waals surface area contributed by atoms with Crippen LogP contribution in [-0.2, 0) is 0 Å². The summed E-state index contributed by atoms with van der Waals surface area (Å²) in [6.45, 7) is 1.10. The molecule has 4 N–H and O–H groups in total. The van der Waals surface area contributed by atoms with Gasteiger partial charge in [0.1, 0.15) is 0 Å². The maximum Gasteiger partial charge on any atom is 0.0577 e. The predicted octanol–water partition coefficient (Wildman–Crippen LogP) is 3.95. The lowest BCUT2D eigenvalue weighted by molar-refractivity contribution is 0.125. The Morgan fingerprint density at radius 1 is 0.870 bits per heavy atom. The highest BCUT2D eigenvalue weighted by Crippen LogP contribution is 2.36. The summed E-state index contributed by atoms with van der Waals surface area (Å²) in [5, 5.41) is 18.9. The molecule has 0 amide bonds. The number of aliphatic hydroxyl groups is 2. The Labute approximate surface area is 142 Å². The predicted molar refractivity (Wildman–Crippen MR) is 98.2 cm³/mol. The molecule has 0 spiro atoms. The van der Waals surface area contributed by atoms with Crippen molar-refractivity contribution in [1.29, 1.82) is 0 Å². The number of hydrogen-bond acceptors (Lipinski definition) is 3. The van der Waals surface area contributed by atoms with E-state index in [1.807, 2.05) is 0 Å². The van der Waals surface area contributed by atoms with Crippen LogP contribution in [0.3, 0.4) is 0 Å². The monoisotopic (exact) mass is 323 g/mol. The average molecular weight is 324 g/mol. The van der Waals surface area contributed by atoms with Gasteiger partial charge < -0.3 is 15.9 Å². The lowest BCUT2D eigenvalue weighted by Crippen LogP contribution is -2.17. The van der Waals surface area contributed by atoms with E-state index in [2.05, 4.69) is 24.3 Å². The van der Waals surface area contributed by atoms with Crippen molar-refractivity contribution in [3.05, 3.63) is 24.3 Å². The van der Waals surface area contributed by atoms with Crippen LogP contribution in [0.2, 0.25) is 0 Å². The standard InChI is InChI=1S/C20H37NO2/c21-16-10-6-3-5-9-13-19-18(14-15-20(19)23)12-8-4-1-2-7-11-17-22/h5,8-9,12,18-20,22-23H,1-4,6-7,10-11,13-17,21H2/t18-,19+,20-/m1/s1. The van der Waals surface area contributed by atoms with E-state index in [0.717, 1.165) is 57.9 Å². The van der Waals surface area contributed by atoms with Gasteiger partial charge in [0.25, 0.3) is 0 Å². The summed E-state index contributed by atoms with van der Waals surface area (Å²) in [4.78, 5) is 0. The second-order valence-corrected chi connectivity index (χ2v) is 6.82. The van der Waals surface area contributed by atoms with Gasteiger partial charge in [0.05, 0.1) is 6.10 Å². The zero-order valence-corrected chi connectivity index (χ0v) is 14.7. The second-order valence-electron chi connectivity index (χ2n) is 6.82. The van der Waals surface area contributed by atoms with E-state index in [9.17, 15) is 5.11 Å². The number of nitrogens with two attached hydrogens (primary N) is 1. The van der Waals surface area contributed by atoms with Gasteiger partial charge >= 0.3 is 0 Å². The van der Waals surface area contributed by atoms with Gasteiger partial charge in [0, 0.05) is 6.61 Å². The van der Waals surface area contributed by atoms with Crippen molar-refractivity contribution in [2.45, 2.75) is 76.7 Å². The minimum absolute atomic E-state index is 0.136. The minimum Gasteiger partial charge on any atom is -0.396 e. The van der Waals surface area contributed by atoms with Crippen LogP contribution in [0.15, 0.2) is 24.3 Å². The molecule has 0 aromatic carbocycles. The summed E-state index contributed by atoms with van der Waals surface area (Å²) < 4.78 is 0. The van der Waals surface area contributed by atoms with Crippen LogP contribution in [0.4, 0.5) is 0 Å². The molecule has 1 saturated carbocycles. The van der Waals surface area contributed by atoms with Crippen LogP contribution in [0.25, 0.3) is 0 Å². The Morgan fingerprint density at radius 2 is 1.61 bits per heavy atom. The van der Waals surface area contributed by atoms with Crippen molar-refractivity contribution in [3.63, 3.8) is 0 Å². The normalized spacial score (nSPS) is 25.1. The second kappa shape index (κ2) is 13.8. The van der Waals surface area contributed by atoms with Gasteiger partial charge in [-0.1, -0.05) is 37.1 Å². The fourth-order valence-corrected chi connectivity index (χ4v) is 3.42. The van der Waals surface area contributed by atoms with Crippen LogP contribution in [0, 0.1) is 11.8 Å². The summed E-state index contributed by atoms with van der Waals surface area (Å²) in [6.07, 6.45) is 21.0. The van der Waals surface area contributed by atoms with Crippen molar-refractivity contribution in [2.75, 3.05) is 13.2 Å². The first-order valence-electron chi connectivity index (χ1n) is 9.60. The molecule has 1 aliphatic carbocycles. The molecule has 0 radical (unpaired) electrons. The number of allylic oxidation sites excluding steroid dienone is 4. The third-order valence-corrected chi connectivity index (χ3v) is 4.90. The molecular formula is C20H37NO2. The summed E-state index contributed by atoms with van der Waals surface area (Å²) in [5.41, 5.74) is 5.50. The van der Waals surface area contributed by atoms with Crippen molar-refractivity contribution < 1.29 is 10.2 Å². The fourth-order valence-electron chi connectivity index (χ4n) is 3.42. The Bertz CT molecular complexity index is 328. The quantitative estimate of drug-likeness (QED) is 0.355. The summed E-state index contributed by atoms with van der Waals surface area (Å²) >= 11 is 0. The van der Waals surface area contributed by atoms with Crippen molar-refractivity contribution in [3.8, 4) is 0 Å². The summed E-state index contributed by atoms with van der Waals surface area (Å²) in [6, 6.07) is 0. The summed E-state index contributed by atoms with van der Waals surface area (Å²) in [5.74, 6) is 0.933. The van der Waals surface area contributed by atoms with E-state index in [1.54, 1.807) is 0 Å². The molecule has 134 valence electrons. The molecule has 3 atom stereocenters. The molecular weight excluding hydrogens is 286 g/mol. The maximum atomic E-state index is 10.2. The first-order valence-corrected chi connectivity index (χ1v) is 9.60. The van der Waals surface area contributed by atoms with Gasteiger partial charge in [-0.3, -0.25) is 0 Å². The Kier molecular flexibility index (Phi) is 12.2. The lowest BCUT2D eigenvalue weighted by atomic mass is 9.90. The van der Waals surface area contributed by atoms with E-state index in [-0.39, 0.29) is 6.10 Å². The van der Waals surface area contributed by atoms with Crippen molar-refractivity contribution >= 4 is 0 Å². The van der Waals surface area contributed by atoms with E-state index in [4.69, 9.17) is 10.8 Å². The third kappa shape index (κ3) is 9.29. The molecule has 0 aromatic heterocycles. The van der Waals surface area contributed by atoms with Crippen LogP contribution < -0.4 is 5.73 Å². The van der Waals surface area contributed by atoms with E-state index in [1.165, 1.54) is 19.3 Å². The molecule has 0 saturated heterocycles. The molecule has 0 aromatic rings. The number of unbranched alkanes of at least 4 members (excludes halogenated alkanes) is 6. The molecule has 1 fully saturated rings. The average Bonchev–Trinajstić information content (AvgIpc) is 2.90. The topological polar surface area (TPSA) is 66.5 Å². The third-order valence-electron chi connectivity index (χ3n) is 4.90. The maximum absolute atomic E-state index is 10.2. The number of aliphatic hydroxyl groups excluding tert-OH is 2. The highest BCUT2D eigenvalue weighted by atomic mass is 16.3. The smallest absolute Gasteiger partial charge is 0.0577 e. The van der Waals surface area contributed by atoms with Gasteiger partial charge in [-0.2, -0.15) is 0 Å². The summed E-state index contributed by atoms with van der Waals surface area (Å²) in [7, 11) is 0. The highest BCUT2D eigenvalue weighted by molar-refractivity contribution is 5.00. The van der Waals surface area contributed by atoms with E-state index >= 15 is 0 Å². The molecule has 3 heteroatoms. The zero-order chi connectivity index (χ0) is 16.8. The molecule has 1 rings (SSSR count). The Hall–Kier alpha value is -0.640. The molecule has 3 nitrogen and oxygen atoms in total. The van der Waals surface area contributed by atoms with Gasteiger partial charge in [0.15, 0.2) is 0 Å².